The molecule has 0 fully saturated rings. The second-order valence-electron chi connectivity index (χ2n) is 3.29. The molecule has 1 aromatic rings. The number of hydrogen-bond donors (Lipinski definition) is 0. The van der Waals surface area contributed by atoms with Crippen molar-refractivity contribution < 1.29 is 22.5 Å². The fourth-order valence-corrected chi connectivity index (χ4v) is 2.39. The lowest BCUT2D eigenvalue weighted by Gasteiger charge is -2.17. The van der Waals surface area contributed by atoms with Crippen LogP contribution in [0.5, 0.6) is 5.75 Å². The summed E-state index contributed by atoms with van der Waals surface area (Å²) in [5.41, 5.74) is 0.405. The van der Waals surface area contributed by atoms with Crippen LogP contribution in [0.1, 0.15) is 19.4 Å². The quantitative estimate of drug-likeness (QED) is 0.733. The Kier molecular flexibility index (Phi) is 5.12. The lowest BCUT2D eigenvalue weighted by Crippen LogP contribution is -2.02. The summed E-state index contributed by atoms with van der Waals surface area (Å²) >= 11 is 0. The Morgan fingerprint density at radius 3 is 2.29 bits per heavy atom. The molecule has 0 heterocycles. The summed E-state index contributed by atoms with van der Waals surface area (Å²) in [5, 5.41) is 0. The third kappa shape index (κ3) is 4.11. The second kappa shape index (κ2) is 6.15. The smallest absolute Gasteiger partial charge is 0.404 e. The average molecular weight is 262 g/mol. The van der Waals surface area contributed by atoms with Crippen LogP contribution in [-0.4, -0.2) is 13.2 Å². The Morgan fingerprint density at radius 1 is 1.24 bits per heavy atom. The minimum Gasteiger partial charge on any atom is -0.404 e. The molecule has 0 aliphatic heterocycles. The Hall–Kier alpha value is -0.900. The van der Waals surface area contributed by atoms with Gasteiger partial charge in [0.25, 0.3) is 0 Å². The Morgan fingerprint density at radius 2 is 1.82 bits per heavy atom. The first-order valence-electron chi connectivity index (χ1n) is 5.35. The van der Waals surface area contributed by atoms with Crippen LogP contribution in [0.2, 0.25) is 0 Å². The van der Waals surface area contributed by atoms with Crippen molar-refractivity contribution in [2.24, 2.45) is 0 Å². The van der Waals surface area contributed by atoms with Crippen molar-refractivity contribution in [1.29, 1.82) is 0 Å². The standard InChI is InChI=1S/C11H16FO4P/c1-4-14-17(13,15-5-2)16-10-6-7-11(12)9(3)8-10/h6-8H,4-5H2,1-3H3. The zero-order valence-corrected chi connectivity index (χ0v) is 11.0. The molecule has 1 aromatic carbocycles. The van der Waals surface area contributed by atoms with Crippen LogP contribution >= 0.6 is 7.82 Å². The topological polar surface area (TPSA) is 44.8 Å². The van der Waals surface area contributed by atoms with Gasteiger partial charge in [0, 0.05) is 0 Å². The predicted molar refractivity (Wildman–Crippen MR) is 62.6 cm³/mol. The summed E-state index contributed by atoms with van der Waals surface area (Å²) in [6, 6.07) is 4.07. The number of phosphoric acid groups is 1. The summed E-state index contributed by atoms with van der Waals surface area (Å²) < 4.78 is 40.1. The van der Waals surface area contributed by atoms with Crippen LogP contribution in [0.3, 0.4) is 0 Å². The number of aryl methyl sites for hydroxylation is 1. The Balaban J connectivity index is 2.86. The van der Waals surface area contributed by atoms with Crippen LogP contribution in [-0.2, 0) is 13.6 Å². The van der Waals surface area contributed by atoms with Gasteiger partial charge in [-0.05, 0) is 44.5 Å². The molecule has 0 aromatic heterocycles. The van der Waals surface area contributed by atoms with E-state index in [0.717, 1.165) is 0 Å². The van der Waals surface area contributed by atoms with Gasteiger partial charge in [0.15, 0.2) is 0 Å². The zero-order chi connectivity index (χ0) is 12.9. The highest BCUT2D eigenvalue weighted by molar-refractivity contribution is 7.48. The molecule has 17 heavy (non-hydrogen) atoms. The number of phosphoric ester groups is 1. The molecule has 0 unspecified atom stereocenters. The molecule has 6 heteroatoms. The number of benzene rings is 1. The first kappa shape index (κ1) is 14.2. The lowest BCUT2D eigenvalue weighted by atomic mass is 10.2. The fourth-order valence-electron chi connectivity index (χ4n) is 1.21. The van der Waals surface area contributed by atoms with E-state index >= 15 is 0 Å². The Bertz CT molecular complexity index is 412. The molecule has 0 amide bonds. The van der Waals surface area contributed by atoms with E-state index in [1.807, 2.05) is 0 Å². The maximum atomic E-state index is 13.0. The molecule has 0 bridgehead atoms. The van der Waals surface area contributed by atoms with Crippen molar-refractivity contribution in [2.45, 2.75) is 20.8 Å². The highest BCUT2D eigenvalue weighted by Crippen LogP contribution is 2.49. The molecule has 0 radical (unpaired) electrons. The molecule has 0 N–H and O–H groups in total. The largest absolute Gasteiger partial charge is 0.530 e. The summed E-state index contributed by atoms with van der Waals surface area (Å²) in [7, 11) is -3.60. The van der Waals surface area contributed by atoms with Crippen LogP contribution < -0.4 is 4.52 Å². The molecule has 1 rings (SSSR count). The molecule has 96 valence electrons. The van der Waals surface area contributed by atoms with Gasteiger partial charge in [-0.15, -0.1) is 0 Å². The highest BCUT2D eigenvalue weighted by Gasteiger charge is 2.27. The molecule has 0 spiro atoms. The van der Waals surface area contributed by atoms with Crippen molar-refractivity contribution in [2.75, 3.05) is 13.2 Å². The lowest BCUT2D eigenvalue weighted by molar-refractivity contribution is 0.167. The van der Waals surface area contributed by atoms with E-state index in [2.05, 4.69) is 0 Å². The average Bonchev–Trinajstić information content (AvgIpc) is 2.24. The van der Waals surface area contributed by atoms with Crippen molar-refractivity contribution in [3.05, 3.63) is 29.6 Å². The summed E-state index contributed by atoms with van der Waals surface area (Å²) in [5.74, 6) is -0.0888. The van der Waals surface area contributed by atoms with Crippen molar-refractivity contribution in [1.82, 2.24) is 0 Å². The van der Waals surface area contributed by atoms with Crippen LogP contribution in [0.4, 0.5) is 4.39 Å². The molecule has 4 nitrogen and oxygen atoms in total. The number of hydrogen-bond acceptors (Lipinski definition) is 4. The molecule has 0 saturated heterocycles. The van der Waals surface area contributed by atoms with E-state index in [4.69, 9.17) is 13.6 Å². The van der Waals surface area contributed by atoms with Crippen molar-refractivity contribution >= 4 is 7.82 Å². The monoisotopic (exact) mass is 262 g/mol. The van der Waals surface area contributed by atoms with Gasteiger partial charge in [-0.25, -0.2) is 8.96 Å². The SMILES string of the molecule is CCOP(=O)(OCC)Oc1ccc(F)c(C)c1. The van der Waals surface area contributed by atoms with E-state index in [-0.39, 0.29) is 24.8 Å². The van der Waals surface area contributed by atoms with Crippen molar-refractivity contribution in [3.8, 4) is 5.75 Å². The molecule has 0 aliphatic carbocycles. The van der Waals surface area contributed by atoms with E-state index in [1.54, 1.807) is 20.8 Å². The summed E-state index contributed by atoms with van der Waals surface area (Å²) in [6.07, 6.45) is 0. The van der Waals surface area contributed by atoms with E-state index in [1.165, 1.54) is 18.2 Å². The van der Waals surface area contributed by atoms with E-state index < -0.39 is 7.82 Å². The van der Waals surface area contributed by atoms with Crippen LogP contribution in [0.25, 0.3) is 0 Å². The van der Waals surface area contributed by atoms with E-state index in [9.17, 15) is 8.96 Å². The van der Waals surface area contributed by atoms with Gasteiger partial charge < -0.3 is 4.52 Å². The molecule has 0 aliphatic rings. The molecule has 0 atom stereocenters. The minimum atomic E-state index is -3.60. The Labute approximate surface area is 100 Å². The third-order valence-electron chi connectivity index (χ3n) is 1.92. The first-order chi connectivity index (χ1) is 8.00. The van der Waals surface area contributed by atoms with Crippen LogP contribution in [0, 0.1) is 12.7 Å². The van der Waals surface area contributed by atoms with Gasteiger partial charge in [0.2, 0.25) is 0 Å². The van der Waals surface area contributed by atoms with E-state index in [0.29, 0.717) is 5.56 Å². The number of rotatable bonds is 6. The van der Waals surface area contributed by atoms with Gasteiger partial charge in [-0.1, -0.05) is 0 Å². The predicted octanol–water partition coefficient (Wildman–Crippen LogP) is 3.69. The second-order valence-corrected chi connectivity index (χ2v) is 4.88. The van der Waals surface area contributed by atoms with Gasteiger partial charge in [-0.2, -0.15) is 0 Å². The van der Waals surface area contributed by atoms with Gasteiger partial charge in [0.1, 0.15) is 11.6 Å². The summed E-state index contributed by atoms with van der Waals surface area (Å²) in [6.45, 7) is 5.37. The highest BCUT2D eigenvalue weighted by atomic mass is 31.2. The molecule has 0 saturated carbocycles. The minimum absolute atomic E-state index is 0.206. The maximum absolute atomic E-state index is 13.0. The molecular formula is C11H16FO4P. The molecular weight excluding hydrogens is 246 g/mol. The first-order valence-corrected chi connectivity index (χ1v) is 6.81. The third-order valence-corrected chi connectivity index (χ3v) is 3.50. The van der Waals surface area contributed by atoms with Gasteiger partial charge in [-0.3, -0.25) is 9.05 Å². The maximum Gasteiger partial charge on any atom is 0.530 e. The van der Waals surface area contributed by atoms with Gasteiger partial charge >= 0.3 is 7.82 Å². The van der Waals surface area contributed by atoms with Crippen LogP contribution in [0.15, 0.2) is 18.2 Å². The van der Waals surface area contributed by atoms with Crippen molar-refractivity contribution in [3.63, 3.8) is 0 Å². The normalized spacial score (nSPS) is 11.5. The number of halogens is 1. The van der Waals surface area contributed by atoms with Gasteiger partial charge in [0.05, 0.1) is 13.2 Å². The summed E-state index contributed by atoms with van der Waals surface area (Å²) in [4.78, 5) is 0. The fraction of sp³-hybridized carbons (Fsp3) is 0.455. The zero-order valence-electron chi connectivity index (χ0n) is 10.1.